The van der Waals surface area contributed by atoms with Crippen molar-refractivity contribution < 1.29 is 19.4 Å². The third-order valence-corrected chi connectivity index (χ3v) is 2.24. The zero-order valence-corrected chi connectivity index (χ0v) is 9.07. The average molecular weight is 214 g/mol. The molecule has 4 nitrogen and oxygen atoms in total. The Morgan fingerprint density at radius 3 is 2.93 bits per heavy atom. The Labute approximate surface area is 89.9 Å². The summed E-state index contributed by atoms with van der Waals surface area (Å²) in [6, 6.07) is 0. The summed E-state index contributed by atoms with van der Waals surface area (Å²) in [5, 5.41) is 8.58. The van der Waals surface area contributed by atoms with Gasteiger partial charge < -0.3 is 14.6 Å². The lowest BCUT2D eigenvalue weighted by molar-refractivity contribution is -0.132. The Hall–Kier alpha value is -0.870. The maximum atomic E-state index is 10.4. The zero-order valence-electron chi connectivity index (χ0n) is 9.07. The van der Waals surface area contributed by atoms with Crippen LogP contribution in [0.15, 0.2) is 11.6 Å². The number of carbonyl (C=O) groups is 1. The number of carboxylic acid groups (broad SMARTS) is 1. The van der Waals surface area contributed by atoms with Gasteiger partial charge in [-0.3, -0.25) is 0 Å². The van der Waals surface area contributed by atoms with Gasteiger partial charge in [-0.25, -0.2) is 4.79 Å². The van der Waals surface area contributed by atoms with Gasteiger partial charge in [0.1, 0.15) is 6.10 Å². The van der Waals surface area contributed by atoms with E-state index in [-0.39, 0.29) is 0 Å². The van der Waals surface area contributed by atoms with Crippen molar-refractivity contribution in [3.8, 4) is 0 Å². The summed E-state index contributed by atoms with van der Waals surface area (Å²) in [5.74, 6) is -0.836. The average Bonchev–Trinajstić information content (AvgIpc) is 2.99. The van der Waals surface area contributed by atoms with Crippen LogP contribution in [0.3, 0.4) is 0 Å². The molecule has 1 unspecified atom stereocenters. The molecular weight excluding hydrogens is 196 g/mol. The van der Waals surface area contributed by atoms with E-state index in [0.29, 0.717) is 18.3 Å². The number of hydrogen-bond acceptors (Lipinski definition) is 3. The number of epoxide rings is 1. The normalized spacial score (nSPS) is 20.3. The maximum Gasteiger partial charge on any atom is 0.330 e. The number of unbranched alkanes of at least 4 members (excludes halogenated alkanes) is 2. The lowest BCUT2D eigenvalue weighted by Crippen LogP contribution is -2.02. The first-order valence-electron chi connectivity index (χ1n) is 5.29. The van der Waals surface area contributed by atoms with Crippen molar-refractivity contribution in [1.82, 2.24) is 0 Å². The lowest BCUT2D eigenvalue weighted by atomic mass is 10.2. The smallest absolute Gasteiger partial charge is 0.330 e. The van der Waals surface area contributed by atoms with Crippen LogP contribution in [0.5, 0.6) is 0 Å². The summed E-state index contributed by atoms with van der Waals surface area (Å²) in [6.45, 7) is 3.88. The predicted octanol–water partition coefficient (Wildman–Crippen LogP) is 1.60. The molecule has 1 fully saturated rings. The number of rotatable bonds is 8. The van der Waals surface area contributed by atoms with E-state index in [0.717, 1.165) is 32.5 Å². The minimum Gasteiger partial charge on any atom is -0.478 e. The van der Waals surface area contributed by atoms with E-state index >= 15 is 0 Å². The molecule has 0 bridgehead atoms. The van der Waals surface area contributed by atoms with Gasteiger partial charge in [0.25, 0.3) is 0 Å². The largest absolute Gasteiger partial charge is 0.478 e. The molecule has 1 N–H and O–H groups in total. The van der Waals surface area contributed by atoms with E-state index in [2.05, 4.69) is 0 Å². The van der Waals surface area contributed by atoms with Gasteiger partial charge in [-0.05, 0) is 26.2 Å². The molecule has 1 saturated heterocycles. The van der Waals surface area contributed by atoms with Crippen molar-refractivity contribution >= 4 is 5.97 Å². The first-order chi connectivity index (χ1) is 7.20. The second kappa shape index (κ2) is 6.58. The molecule has 0 aromatic heterocycles. The van der Waals surface area contributed by atoms with Gasteiger partial charge in [-0.15, -0.1) is 0 Å². The quantitative estimate of drug-likeness (QED) is 0.379. The molecular formula is C11H18O4. The van der Waals surface area contributed by atoms with Gasteiger partial charge >= 0.3 is 5.97 Å². The number of allylic oxidation sites excluding steroid dienone is 1. The molecule has 0 amide bonds. The molecule has 1 atom stereocenters. The highest BCUT2D eigenvalue weighted by molar-refractivity contribution is 5.85. The highest BCUT2D eigenvalue weighted by Gasteiger charge is 2.21. The molecule has 0 aromatic rings. The molecule has 0 saturated carbocycles. The molecule has 0 aromatic carbocycles. The van der Waals surface area contributed by atoms with E-state index in [1.54, 1.807) is 13.0 Å². The van der Waals surface area contributed by atoms with Crippen LogP contribution in [-0.4, -0.2) is 37.0 Å². The SMILES string of the molecule is CC(=CCCCCOCC1CO1)C(=O)O. The summed E-state index contributed by atoms with van der Waals surface area (Å²) in [5.41, 5.74) is 0.419. The van der Waals surface area contributed by atoms with Gasteiger partial charge in [0.2, 0.25) is 0 Å². The van der Waals surface area contributed by atoms with Crippen molar-refractivity contribution in [2.45, 2.75) is 32.3 Å². The Morgan fingerprint density at radius 1 is 1.60 bits per heavy atom. The minimum absolute atomic E-state index is 0.333. The van der Waals surface area contributed by atoms with E-state index < -0.39 is 5.97 Å². The fourth-order valence-electron chi connectivity index (χ4n) is 1.13. The van der Waals surface area contributed by atoms with Crippen LogP contribution in [0.2, 0.25) is 0 Å². The fourth-order valence-corrected chi connectivity index (χ4v) is 1.13. The number of aliphatic carboxylic acids is 1. The highest BCUT2D eigenvalue weighted by atomic mass is 16.6. The van der Waals surface area contributed by atoms with Crippen LogP contribution < -0.4 is 0 Å². The number of hydrogen-bond donors (Lipinski definition) is 1. The minimum atomic E-state index is -0.836. The molecule has 1 aliphatic heterocycles. The van der Waals surface area contributed by atoms with Crippen LogP contribution in [0, 0.1) is 0 Å². The lowest BCUT2D eigenvalue weighted by Gasteiger charge is -2.00. The van der Waals surface area contributed by atoms with Crippen molar-refractivity contribution in [2.24, 2.45) is 0 Å². The molecule has 15 heavy (non-hydrogen) atoms. The van der Waals surface area contributed by atoms with E-state index in [9.17, 15) is 4.79 Å². The first kappa shape index (κ1) is 12.2. The van der Waals surface area contributed by atoms with Gasteiger partial charge in [-0.1, -0.05) is 6.08 Å². The second-order valence-electron chi connectivity index (χ2n) is 3.72. The third kappa shape index (κ3) is 6.25. The Morgan fingerprint density at radius 2 is 2.33 bits per heavy atom. The Balaban J connectivity index is 1.87. The second-order valence-corrected chi connectivity index (χ2v) is 3.72. The van der Waals surface area contributed by atoms with Gasteiger partial charge in [0.05, 0.1) is 13.2 Å². The van der Waals surface area contributed by atoms with Crippen molar-refractivity contribution in [3.05, 3.63) is 11.6 Å². The van der Waals surface area contributed by atoms with Crippen LogP contribution in [0.4, 0.5) is 0 Å². The first-order valence-corrected chi connectivity index (χ1v) is 5.29. The van der Waals surface area contributed by atoms with Crippen LogP contribution in [-0.2, 0) is 14.3 Å². The summed E-state index contributed by atoms with van der Waals surface area (Å²) in [7, 11) is 0. The summed E-state index contributed by atoms with van der Waals surface area (Å²) < 4.78 is 10.3. The van der Waals surface area contributed by atoms with Gasteiger partial charge in [0, 0.05) is 12.2 Å². The van der Waals surface area contributed by atoms with Gasteiger partial charge in [0.15, 0.2) is 0 Å². The molecule has 1 rings (SSSR count). The number of carboxylic acids is 1. The topological polar surface area (TPSA) is 59.1 Å². The van der Waals surface area contributed by atoms with E-state index in [1.807, 2.05) is 0 Å². The predicted molar refractivity (Wildman–Crippen MR) is 55.8 cm³/mol. The fraction of sp³-hybridized carbons (Fsp3) is 0.727. The van der Waals surface area contributed by atoms with Gasteiger partial charge in [-0.2, -0.15) is 0 Å². The Bertz CT molecular complexity index is 231. The number of ether oxygens (including phenoxy) is 2. The van der Waals surface area contributed by atoms with E-state index in [1.165, 1.54) is 0 Å². The Kier molecular flexibility index (Phi) is 5.36. The standard InChI is InChI=1S/C11H18O4/c1-9(11(12)13)5-3-2-4-6-14-7-10-8-15-10/h5,10H,2-4,6-8H2,1H3,(H,12,13). The molecule has 1 heterocycles. The monoisotopic (exact) mass is 214 g/mol. The van der Waals surface area contributed by atoms with Crippen molar-refractivity contribution in [3.63, 3.8) is 0 Å². The summed E-state index contributed by atoms with van der Waals surface area (Å²) >= 11 is 0. The molecule has 0 spiro atoms. The van der Waals surface area contributed by atoms with Crippen LogP contribution in [0.25, 0.3) is 0 Å². The van der Waals surface area contributed by atoms with E-state index in [4.69, 9.17) is 14.6 Å². The summed E-state index contributed by atoms with van der Waals surface area (Å²) in [6.07, 6.45) is 4.83. The molecule has 86 valence electrons. The van der Waals surface area contributed by atoms with Crippen molar-refractivity contribution in [2.75, 3.05) is 19.8 Å². The maximum absolute atomic E-state index is 10.4. The highest BCUT2D eigenvalue weighted by Crippen LogP contribution is 2.09. The molecule has 0 radical (unpaired) electrons. The van der Waals surface area contributed by atoms with Crippen LogP contribution in [0.1, 0.15) is 26.2 Å². The third-order valence-electron chi connectivity index (χ3n) is 2.24. The molecule has 0 aliphatic carbocycles. The zero-order chi connectivity index (χ0) is 11.1. The summed E-state index contributed by atoms with van der Waals surface area (Å²) in [4.78, 5) is 10.4. The van der Waals surface area contributed by atoms with Crippen LogP contribution >= 0.6 is 0 Å². The van der Waals surface area contributed by atoms with Crippen molar-refractivity contribution in [1.29, 1.82) is 0 Å². The molecule has 1 aliphatic rings. The molecule has 4 heteroatoms.